The van der Waals surface area contributed by atoms with Crippen LogP contribution in [-0.2, 0) is 21.2 Å². The highest BCUT2D eigenvalue weighted by atomic mass is 32.2. The van der Waals surface area contributed by atoms with E-state index in [4.69, 9.17) is 5.73 Å². The lowest BCUT2D eigenvalue weighted by atomic mass is 9.96. The molecule has 1 aromatic heterocycles. The topological polar surface area (TPSA) is 92.5 Å². The van der Waals surface area contributed by atoms with Crippen molar-refractivity contribution in [2.24, 2.45) is 11.1 Å². The second-order valence-electron chi connectivity index (χ2n) is 7.24. The van der Waals surface area contributed by atoms with Gasteiger partial charge in [0.15, 0.2) is 0 Å². The molecule has 2 rings (SSSR count). The van der Waals surface area contributed by atoms with Gasteiger partial charge in [0.1, 0.15) is 4.21 Å². The second-order valence-corrected chi connectivity index (χ2v) is 10.6. The molecular formula is C16H27N3O3S2. The molecule has 24 heavy (non-hydrogen) atoms. The van der Waals surface area contributed by atoms with E-state index in [1.54, 1.807) is 6.07 Å². The third-order valence-electron chi connectivity index (χ3n) is 3.99. The van der Waals surface area contributed by atoms with Gasteiger partial charge in [0, 0.05) is 36.0 Å². The van der Waals surface area contributed by atoms with E-state index in [0.717, 1.165) is 17.7 Å². The van der Waals surface area contributed by atoms with Crippen molar-refractivity contribution in [1.82, 2.24) is 9.62 Å². The number of carbonyl (C=O) groups excluding carboxylic acids is 1. The number of sulfonamides is 1. The van der Waals surface area contributed by atoms with Gasteiger partial charge in [-0.2, -0.15) is 4.31 Å². The van der Waals surface area contributed by atoms with Gasteiger partial charge in [-0.15, -0.1) is 11.3 Å². The highest BCUT2D eigenvalue weighted by Crippen LogP contribution is 2.27. The summed E-state index contributed by atoms with van der Waals surface area (Å²) in [5.74, 6) is -0.00537. The Kier molecular flexibility index (Phi) is 6.06. The molecule has 0 aromatic carbocycles. The van der Waals surface area contributed by atoms with Crippen molar-refractivity contribution in [3.63, 3.8) is 0 Å². The fraction of sp³-hybridized carbons (Fsp3) is 0.688. The van der Waals surface area contributed by atoms with E-state index in [2.05, 4.69) is 5.32 Å². The zero-order chi connectivity index (χ0) is 18.0. The summed E-state index contributed by atoms with van der Waals surface area (Å²) < 4.78 is 27.2. The van der Waals surface area contributed by atoms with Crippen LogP contribution in [0.4, 0.5) is 0 Å². The number of nitrogens with two attached hydrogens (primary N) is 1. The van der Waals surface area contributed by atoms with Crippen molar-refractivity contribution in [3.05, 3.63) is 17.0 Å². The third kappa shape index (κ3) is 4.78. The van der Waals surface area contributed by atoms with Crippen molar-refractivity contribution < 1.29 is 13.2 Å². The Labute approximate surface area is 148 Å². The van der Waals surface area contributed by atoms with Gasteiger partial charge in [-0.05, 0) is 31.4 Å². The zero-order valence-electron chi connectivity index (χ0n) is 14.5. The lowest BCUT2D eigenvalue weighted by Gasteiger charge is -2.29. The van der Waals surface area contributed by atoms with Crippen LogP contribution in [0.2, 0.25) is 0 Å². The summed E-state index contributed by atoms with van der Waals surface area (Å²) in [5, 5.41) is 2.88. The van der Waals surface area contributed by atoms with Crippen LogP contribution in [0.25, 0.3) is 0 Å². The Hall–Kier alpha value is -0.960. The fourth-order valence-electron chi connectivity index (χ4n) is 2.52. The van der Waals surface area contributed by atoms with E-state index in [1.165, 1.54) is 15.6 Å². The van der Waals surface area contributed by atoms with Crippen molar-refractivity contribution in [2.45, 2.75) is 50.3 Å². The van der Waals surface area contributed by atoms with Gasteiger partial charge in [0.25, 0.3) is 10.0 Å². The van der Waals surface area contributed by atoms with E-state index in [1.807, 2.05) is 26.8 Å². The Bertz CT molecular complexity index is 677. The molecule has 2 heterocycles. The molecule has 136 valence electrons. The quantitative estimate of drug-likeness (QED) is 0.819. The van der Waals surface area contributed by atoms with Gasteiger partial charge in [-0.3, -0.25) is 4.79 Å². The number of piperidine rings is 1. The summed E-state index contributed by atoms with van der Waals surface area (Å²) in [6.45, 7) is 7.01. The lowest BCUT2D eigenvalue weighted by molar-refractivity contribution is -0.128. The third-order valence-corrected chi connectivity index (χ3v) is 7.47. The molecule has 0 radical (unpaired) electrons. The molecule has 6 nitrogen and oxygen atoms in total. The monoisotopic (exact) mass is 373 g/mol. The summed E-state index contributed by atoms with van der Waals surface area (Å²) in [6, 6.07) is 3.40. The summed E-state index contributed by atoms with van der Waals surface area (Å²) >= 11 is 1.27. The molecule has 1 aliphatic heterocycles. The number of amides is 1. The summed E-state index contributed by atoms with van der Waals surface area (Å²) in [7, 11) is -3.45. The Morgan fingerprint density at radius 2 is 2.12 bits per heavy atom. The van der Waals surface area contributed by atoms with Gasteiger partial charge < -0.3 is 11.1 Å². The standard InChI is InChI=1S/C16H27N3O3S2/c1-16(2,3)15(20)18-9-8-13-6-7-14(23-13)24(21,22)19-10-4-5-12(17)11-19/h6-7,12H,4-5,8-11,17H2,1-3H3,(H,18,20). The van der Waals surface area contributed by atoms with Crippen molar-refractivity contribution in [3.8, 4) is 0 Å². The van der Waals surface area contributed by atoms with Gasteiger partial charge >= 0.3 is 0 Å². The minimum absolute atomic E-state index is 0.00537. The maximum atomic E-state index is 12.7. The zero-order valence-corrected chi connectivity index (χ0v) is 16.2. The van der Waals surface area contributed by atoms with E-state index < -0.39 is 15.4 Å². The molecule has 0 bridgehead atoms. The molecule has 1 amide bonds. The first-order valence-corrected chi connectivity index (χ1v) is 10.5. The predicted octanol–water partition coefficient (Wildman–Crippen LogP) is 1.56. The maximum absolute atomic E-state index is 12.7. The number of thiophene rings is 1. The minimum atomic E-state index is -3.45. The van der Waals surface area contributed by atoms with Crippen LogP contribution in [0, 0.1) is 5.41 Å². The predicted molar refractivity (Wildman–Crippen MR) is 96.5 cm³/mol. The molecule has 0 aliphatic carbocycles. The second kappa shape index (κ2) is 7.51. The molecule has 1 atom stereocenters. The van der Waals surface area contributed by atoms with Gasteiger partial charge in [-0.25, -0.2) is 8.42 Å². The maximum Gasteiger partial charge on any atom is 0.252 e. The average Bonchev–Trinajstić information content (AvgIpc) is 2.95. The van der Waals surface area contributed by atoms with Crippen molar-refractivity contribution >= 4 is 27.3 Å². The van der Waals surface area contributed by atoms with Gasteiger partial charge in [0.2, 0.25) is 5.91 Å². The number of nitrogens with one attached hydrogen (secondary N) is 1. The molecule has 1 aliphatic rings. The van der Waals surface area contributed by atoms with Crippen LogP contribution in [0.5, 0.6) is 0 Å². The number of hydrogen-bond acceptors (Lipinski definition) is 5. The molecule has 0 saturated carbocycles. The van der Waals surface area contributed by atoms with Crippen molar-refractivity contribution in [2.75, 3.05) is 19.6 Å². The van der Waals surface area contributed by atoms with Crippen LogP contribution < -0.4 is 11.1 Å². The van der Waals surface area contributed by atoms with E-state index in [-0.39, 0.29) is 11.9 Å². The summed E-state index contributed by atoms with van der Waals surface area (Å²) in [6.07, 6.45) is 2.30. The highest BCUT2D eigenvalue weighted by molar-refractivity contribution is 7.91. The Balaban J connectivity index is 1.96. The smallest absolute Gasteiger partial charge is 0.252 e. The average molecular weight is 374 g/mol. The summed E-state index contributed by atoms with van der Waals surface area (Å²) in [4.78, 5) is 12.8. The lowest BCUT2D eigenvalue weighted by Crippen LogP contribution is -2.45. The molecule has 1 aromatic rings. The van der Waals surface area contributed by atoms with Gasteiger partial charge in [0.05, 0.1) is 0 Å². The first kappa shape index (κ1) is 19.4. The van der Waals surface area contributed by atoms with Crippen LogP contribution in [0.3, 0.4) is 0 Å². The Morgan fingerprint density at radius 3 is 2.75 bits per heavy atom. The first-order valence-electron chi connectivity index (χ1n) is 8.23. The van der Waals surface area contributed by atoms with E-state index in [9.17, 15) is 13.2 Å². The van der Waals surface area contributed by atoms with Crippen molar-refractivity contribution in [1.29, 1.82) is 0 Å². The van der Waals surface area contributed by atoms with Crippen LogP contribution >= 0.6 is 11.3 Å². The number of rotatable bonds is 5. The molecule has 1 fully saturated rings. The fourth-order valence-corrected chi connectivity index (χ4v) is 5.56. The number of hydrogen-bond donors (Lipinski definition) is 2. The van der Waals surface area contributed by atoms with Crippen LogP contribution in [0.1, 0.15) is 38.5 Å². The molecule has 3 N–H and O–H groups in total. The Morgan fingerprint density at radius 1 is 1.42 bits per heavy atom. The highest BCUT2D eigenvalue weighted by Gasteiger charge is 2.30. The SMILES string of the molecule is CC(C)(C)C(=O)NCCc1ccc(S(=O)(=O)N2CCCC(N)C2)s1. The molecule has 1 unspecified atom stereocenters. The van der Waals surface area contributed by atoms with E-state index >= 15 is 0 Å². The van der Waals surface area contributed by atoms with E-state index in [0.29, 0.717) is 30.3 Å². The molecule has 0 spiro atoms. The normalized spacial score (nSPS) is 20.1. The molecule has 8 heteroatoms. The molecule has 1 saturated heterocycles. The van der Waals surface area contributed by atoms with Gasteiger partial charge in [-0.1, -0.05) is 20.8 Å². The molecular weight excluding hydrogens is 346 g/mol. The van der Waals surface area contributed by atoms with Crippen LogP contribution in [-0.4, -0.2) is 44.3 Å². The number of carbonyl (C=O) groups is 1. The largest absolute Gasteiger partial charge is 0.355 e. The summed E-state index contributed by atoms with van der Waals surface area (Å²) in [5.41, 5.74) is 5.47. The van der Waals surface area contributed by atoms with Crippen LogP contribution in [0.15, 0.2) is 16.3 Å². The first-order chi connectivity index (χ1) is 11.1. The minimum Gasteiger partial charge on any atom is -0.355 e. The number of nitrogens with zero attached hydrogens (tertiary/aromatic N) is 1.